The highest BCUT2D eigenvalue weighted by Gasteiger charge is 2.37. The molecule has 1 saturated heterocycles. The van der Waals surface area contributed by atoms with Crippen molar-refractivity contribution in [2.45, 2.75) is 32.3 Å². The van der Waals surface area contributed by atoms with Gasteiger partial charge >= 0.3 is 0 Å². The van der Waals surface area contributed by atoms with Crippen LogP contribution in [0.3, 0.4) is 0 Å². The highest BCUT2D eigenvalue weighted by molar-refractivity contribution is 5.06. The zero-order chi connectivity index (χ0) is 6.69. The summed E-state index contributed by atoms with van der Waals surface area (Å²) in [6.45, 7) is 5.81. The minimum absolute atomic E-state index is 0.480. The maximum atomic E-state index is 5.24. The van der Waals surface area contributed by atoms with Crippen molar-refractivity contribution in [3.63, 3.8) is 0 Å². The lowest BCUT2D eigenvalue weighted by atomic mass is 10.2. The maximum absolute atomic E-state index is 5.24. The van der Waals surface area contributed by atoms with Crippen LogP contribution in [0.5, 0.6) is 0 Å². The van der Waals surface area contributed by atoms with Crippen LogP contribution >= 0.6 is 0 Å². The Labute approximate surface area is 56.7 Å². The Balaban J connectivity index is 2.02. The predicted octanol–water partition coefficient (Wildman–Crippen LogP) is 2.29. The highest BCUT2D eigenvalue weighted by atomic mass is 16.6. The first-order valence-electron chi connectivity index (χ1n) is 3.51. The van der Waals surface area contributed by atoms with Gasteiger partial charge in [-0.1, -0.05) is 19.4 Å². The van der Waals surface area contributed by atoms with Crippen molar-refractivity contribution in [2.75, 3.05) is 0 Å². The summed E-state index contributed by atoms with van der Waals surface area (Å²) < 4.78 is 5.24. The molecule has 1 nitrogen and oxygen atoms in total. The molecule has 0 aromatic heterocycles. The molecular formula is C8H13O. The van der Waals surface area contributed by atoms with Crippen molar-refractivity contribution in [3.05, 3.63) is 18.8 Å². The highest BCUT2D eigenvalue weighted by Crippen LogP contribution is 2.37. The lowest BCUT2D eigenvalue weighted by Crippen LogP contribution is -1.83. The van der Waals surface area contributed by atoms with Gasteiger partial charge in [0.15, 0.2) is 0 Å². The van der Waals surface area contributed by atoms with Crippen LogP contribution in [0.2, 0.25) is 0 Å². The quantitative estimate of drug-likeness (QED) is 0.415. The molecule has 1 fully saturated rings. The summed E-state index contributed by atoms with van der Waals surface area (Å²) in [5, 5.41) is 0. The molecule has 1 atom stereocenters. The van der Waals surface area contributed by atoms with E-state index in [2.05, 4.69) is 13.5 Å². The van der Waals surface area contributed by atoms with Crippen molar-refractivity contribution in [3.8, 4) is 0 Å². The number of ether oxygens (including phenoxy) is 1. The van der Waals surface area contributed by atoms with Gasteiger partial charge in [0.2, 0.25) is 0 Å². The fourth-order valence-electron chi connectivity index (χ4n) is 0.953. The molecule has 1 radical (unpaired) electrons. The van der Waals surface area contributed by atoms with Crippen LogP contribution in [0.1, 0.15) is 26.2 Å². The molecule has 9 heavy (non-hydrogen) atoms. The standard InChI is InChI=1S/C8H13O/c1-3-5-7-8(9-7)6-4-2/h3,8H,1,4-6H2,2H3. The molecule has 0 N–H and O–H groups in total. The van der Waals surface area contributed by atoms with Crippen molar-refractivity contribution in [1.29, 1.82) is 0 Å². The van der Waals surface area contributed by atoms with Gasteiger partial charge in [0.1, 0.15) is 6.10 Å². The van der Waals surface area contributed by atoms with Gasteiger partial charge in [-0.05, 0) is 12.8 Å². The fourth-order valence-corrected chi connectivity index (χ4v) is 0.953. The predicted molar refractivity (Wildman–Crippen MR) is 37.8 cm³/mol. The first-order valence-corrected chi connectivity index (χ1v) is 3.51. The third-order valence-corrected chi connectivity index (χ3v) is 1.49. The summed E-state index contributed by atoms with van der Waals surface area (Å²) >= 11 is 0. The van der Waals surface area contributed by atoms with Gasteiger partial charge in [-0.25, -0.2) is 0 Å². The van der Waals surface area contributed by atoms with E-state index in [1.165, 1.54) is 18.9 Å². The van der Waals surface area contributed by atoms with Crippen LogP contribution in [-0.2, 0) is 4.74 Å². The van der Waals surface area contributed by atoms with Gasteiger partial charge in [0.05, 0.1) is 6.10 Å². The number of rotatable bonds is 4. The van der Waals surface area contributed by atoms with Crippen molar-refractivity contribution in [2.24, 2.45) is 0 Å². The zero-order valence-corrected chi connectivity index (χ0v) is 5.89. The second-order valence-electron chi connectivity index (χ2n) is 2.35. The number of hydrogen-bond acceptors (Lipinski definition) is 1. The number of hydrogen-bond donors (Lipinski definition) is 0. The summed E-state index contributed by atoms with van der Waals surface area (Å²) in [6, 6.07) is 0. The second-order valence-corrected chi connectivity index (χ2v) is 2.35. The van der Waals surface area contributed by atoms with Gasteiger partial charge in [-0.15, -0.1) is 6.58 Å². The van der Waals surface area contributed by atoms with E-state index in [4.69, 9.17) is 4.74 Å². The van der Waals surface area contributed by atoms with Gasteiger partial charge in [-0.2, -0.15) is 0 Å². The summed E-state index contributed by atoms with van der Waals surface area (Å²) in [6.07, 6.45) is 6.95. The lowest BCUT2D eigenvalue weighted by Gasteiger charge is -1.84. The molecule has 0 aromatic carbocycles. The van der Waals surface area contributed by atoms with Crippen molar-refractivity contribution < 1.29 is 4.74 Å². The molecule has 1 aliphatic rings. The SMILES string of the molecule is C=CC[C]1OC1CCC. The Bertz CT molecular complexity index is 98.7. The first-order chi connectivity index (χ1) is 4.38. The lowest BCUT2D eigenvalue weighted by molar-refractivity contribution is 0.392. The Morgan fingerprint density at radius 2 is 2.56 bits per heavy atom. The van der Waals surface area contributed by atoms with Gasteiger partial charge < -0.3 is 4.74 Å². The summed E-state index contributed by atoms with van der Waals surface area (Å²) in [5.74, 6) is 0. The van der Waals surface area contributed by atoms with E-state index in [1.807, 2.05) is 6.08 Å². The normalized spacial score (nSPS) is 26.1. The topological polar surface area (TPSA) is 12.5 Å². The molecule has 1 aliphatic heterocycles. The largest absolute Gasteiger partial charge is 0.362 e. The third kappa shape index (κ3) is 1.83. The average molecular weight is 125 g/mol. The van der Waals surface area contributed by atoms with E-state index >= 15 is 0 Å². The molecule has 0 aromatic rings. The monoisotopic (exact) mass is 125 g/mol. The van der Waals surface area contributed by atoms with E-state index in [0.29, 0.717) is 6.10 Å². The Morgan fingerprint density at radius 3 is 3.11 bits per heavy atom. The summed E-state index contributed by atoms with van der Waals surface area (Å²) in [4.78, 5) is 0. The van der Waals surface area contributed by atoms with E-state index in [0.717, 1.165) is 6.42 Å². The van der Waals surface area contributed by atoms with Crippen molar-refractivity contribution >= 4 is 0 Å². The molecule has 0 bridgehead atoms. The molecule has 1 heterocycles. The molecule has 1 rings (SSSR count). The summed E-state index contributed by atoms with van der Waals surface area (Å²) in [7, 11) is 0. The average Bonchev–Trinajstić information content (AvgIpc) is 2.50. The minimum Gasteiger partial charge on any atom is -0.362 e. The smallest absolute Gasteiger partial charge is 0.130 e. The molecule has 0 aliphatic carbocycles. The second kappa shape index (κ2) is 3.02. The molecule has 0 saturated carbocycles. The van der Waals surface area contributed by atoms with Gasteiger partial charge in [0, 0.05) is 0 Å². The van der Waals surface area contributed by atoms with Crippen LogP contribution < -0.4 is 0 Å². The van der Waals surface area contributed by atoms with Crippen LogP contribution in [0.15, 0.2) is 12.7 Å². The van der Waals surface area contributed by atoms with Crippen LogP contribution in [0, 0.1) is 6.10 Å². The van der Waals surface area contributed by atoms with Crippen LogP contribution in [-0.4, -0.2) is 6.10 Å². The van der Waals surface area contributed by atoms with Crippen LogP contribution in [0.25, 0.3) is 0 Å². The fraction of sp³-hybridized carbons (Fsp3) is 0.625. The molecule has 1 heteroatoms. The van der Waals surface area contributed by atoms with E-state index < -0.39 is 0 Å². The minimum atomic E-state index is 0.480. The molecule has 51 valence electrons. The molecule has 0 amide bonds. The van der Waals surface area contributed by atoms with E-state index in [-0.39, 0.29) is 0 Å². The van der Waals surface area contributed by atoms with Crippen LogP contribution in [0.4, 0.5) is 0 Å². The van der Waals surface area contributed by atoms with E-state index in [1.54, 1.807) is 0 Å². The Morgan fingerprint density at radius 1 is 1.78 bits per heavy atom. The molecule has 0 spiro atoms. The van der Waals surface area contributed by atoms with E-state index in [9.17, 15) is 0 Å². The molecule has 1 unspecified atom stereocenters. The first kappa shape index (κ1) is 6.81. The maximum Gasteiger partial charge on any atom is 0.130 e. The Hall–Kier alpha value is -0.300. The molecular weight excluding hydrogens is 112 g/mol. The van der Waals surface area contributed by atoms with Crippen molar-refractivity contribution in [1.82, 2.24) is 0 Å². The summed E-state index contributed by atoms with van der Waals surface area (Å²) in [5.41, 5.74) is 0. The Kier molecular flexibility index (Phi) is 2.29. The van der Waals surface area contributed by atoms with Gasteiger partial charge in [0.25, 0.3) is 0 Å². The van der Waals surface area contributed by atoms with Gasteiger partial charge in [-0.3, -0.25) is 0 Å². The number of epoxide rings is 1. The zero-order valence-electron chi connectivity index (χ0n) is 5.89. The third-order valence-electron chi connectivity index (χ3n) is 1.49.